The Morgan fingerprint density at radius 2 is 1.71 bits per heavy atom. The normalized spacial score (nSPS) is 11.9. The Kier molecular flexibility index (Phi) is 4.97. The van der Waals surface area contributed by atoms with Crippen molar-refractivity contribution >= 4 is 5.69 Å². The van der Waals surface area contributed by atoms with Gasteiger partial charge in [-0.3, -0.25) is 0 Å². The van der Waals surface area contributed by atoms with Gasteiger partial charge in [-0.1, -0.05) is 39.0 Å². The molecule has 3 heteroatoms. The summed E-state index contributed by atoms with van der Waals surface area (Å²) in [6.07, 6.45) is -0.219. The molecule has 0 heterocycles. The zero-order chi connectivity index (χ0) is 12.9. The van der Waals surface area contributed by atoms with Gasteiger partial charge in [-0.2, -0.15) is 0 Å². The summed E-state index contributed by atoms with van der Waals surface area (Å²) >= 11 is 0. The molecule has 1 N–H and O–H groups in total. The van der Waals surface area contributed by atoms with Crippen molar-refractivity contribution in [2.24, 2.45) is 0 Å². The predicted octanol–water partition coefficient (Wildman–Crippen LogP) is 3.01. The van der Waals surface area contributed by atoms with Gasteiger partial charge >= 0.3 is 0 Å². The van der Waals surface area contributed by atoms with Gasteiger partial charge in [0.25, 0.3) is 0 Å². The van der Waals surface area contributed by atoms with Crippen LogP contribution in [0, 0.1) is 0 Å². The monoisotopic (exact) mass is 237 g/mol. The molecule has 17 heavy (non-hydrogen) atoms. The van der Waals surface area contributed by atoms with Crippen LogP contribution in [0.15, 0.2) is 24.3 Å². The van der Waals surface area contributed by atoms with Gasteiger partial charge in [0.2, 0.25) is 0 Å². The Hall–Kier alpha value is -1.06. The van der Waals surface area contributed by atoms with E-state index < -0.39 is 0 Å². The van der Waals surface area contributed by atoms with Crippen molar-refractivity contribution in [1.82, 2.24) is 0 Å². The Bertz CT molecular complexity index is 340. The number of anilines is 1. The van der Waals surface area contributed by atoms with E-state index in [0.29, 0.717) is 6.54 Å². The molecule has 0 aliphatic rings. The number of hydrogen-bond donors (Lipinski definition) is 1. The quantitative estimate of drug-likeness (QED) is 0.798. The third kappa shape index (κ3) is 4.02. The van der Waals surface area contributed by atoms with Crippen molar-refractivity contribution in [2.75, 3.05) is 26.1 Å². The lowest BCUT2D eigenvalue weighted by Crippen LogP contribution is -2.25. The van der Waals surface area contributed by atoms with Crippen molar-refractivity contribution in [2.45, 2.75) is 32.5 Å². The lowest BCUT2D eigenvalue weighted by atomic mass is 9.86. The highest BCUT2D eigenvalue weighted by Gasteiger charge is 2.17. The van der Waals surface area contributed by atoms with Gasteiger partial charge in [-0.05, 0) is 17.0 Å². The molecule has 0 unspecified atom stereocenters. The maximum absolute atomic E-state index is 5.16. The fourth-order valence-electron chi connectivity index (χ4n) is 1.75. The number of nitrogens with one attached hydrogen (secondary N) is 1. The van der Waals surface area contributed by atoms with Crippen LogP contribution < -0.4 is 5.32 Å². The average molecular weight is 237 g/mol. The molecule has 0 amide bonds. The van der Waals surface area contributed by atoms with Crippen LogP contribution in [-0.4, -0.2) is 27.1 Å². The van der Waals surface area contributed by atoms with Crippen molar-refractivity contribution in [3.05, 3.63) is 29.8 Å². The largest absolute Gasteiger partial charge is 0.380 e. The zero-order valence-electron chi connectivity index (χ0n) is 11.4. The van der Waals surface area contributed by atoms with E-state index in [1.165, 1.54) is 5.56 Å². The minimum Gasteiger partial charge on any atom is -0.380 e. The fourth-order valence-corrected chi connectivity index (χ4v) is 1.75. The first-order valence-electron chi connectivity index (χ1n) is 5.88. The molecule has 0 aromatic heterocycles. The van der Waals surface area contributed by atoms with E-state index in [9.17, 15) is 0 Å². The minimum absolute atomic E-state index is 0.124. The topological polar surface area (TPSA) is 30.5 Å². The van der Waals surface area contributed by atoms with Gasteiger partial charge in [-0.15, -0.1) is 0 Å². The lowest BCUT2D eigenvalue weighted by Gasteiger charge is -2.24. The zero-order valence-corrected chi connectivity index (χ0v) is 11.4. The number of para-hydroxylation sites is 1. The van der Waals surface area contributed by atoms with E-state index in [-0.39, 0.29) is 11.7 Å². The molecule has 0 radical (unpaired) electrons. The van der Waals surface area contributed by atoms with Crippen LogP contribution in [-0.2, 0) is 14.9 Å². The standard InChI is InChI=1S/C14H23NO2/c1-14(2,3)11-8-6-7-9-12(11)15-10-13(16-4)17-5/h6-9,13,15H,10H2,1-5H3. The summed E-state index contributed by atoms with van der Waals surface area (Å²) in [4.78, 5) is 0. The van der Waals surface area contributed by atoms with E-state index in [2.05, 4.69) is 44.3 Å². The van der Waals surface area contributed by atoms with Gasteiger partial charge in [0, 0.05) is 19.9 Å². The Morgan fingerprint density at radius 1 is 1.12 bits per heavy atom. The molecule has 1 rings (SSSR count). The van der Waals surface area contributed by atoms with Gasteiger partial charge in [0.1, 0.15) is 0 Å². The van der Waals surface area contributed by atoms with Crippen molar-refractivity contribution < 1.29 is 9.47 Å². The van der Waals surface area contributed by atoms with E-state index in [1.807, 2.05) is 6.07 Å². The first-order chi connectivity index (χ1) is 7.99. The highest BCUT2D eigenvalue weighted by atomic mass is 16.7. The second-order valence-electron chi connectivity index (χ2n) is 5.08. The number of methoxy groups -OCH3 is 2. The molecule has 1 aromatic carbocycles. The first kappa shape index (κ1) is 14.0. The van der Waals surface area contributed by atoms with Crippen molar-refractivity contribution in [1.29, 1.82) is 0 Å². The molecule has 0 bridgehead atoms. The molecular formula is C14H23NO2. The van der Waals surface area contributed by atoms with Crippen LogP contribution in [0.3, 0.4) is 0 Å². The summed E-state index contributed by atoms with van der Waals surface area (Å²) in [5, 5.41) is 3.37. The highest BCUT2D eigenvalue weighted by molar-refractivity contribution is 5.54. The minimum atomic E-state index is -0.219. The van der Waals surface area contributed by atoms with Gasteiger partial charge in [-0.25, -0.2) is 0 Å². The molecule has 1 aromatic rings. The van der Waals surface area contributed by atoms with Crippen molar-refractivity contribution in [3.8, 4) is 0 Å². The predicted molar refractivity (Wildman–Crippen MR) is 71.4 cm³/mol. The van der Waals surface area contributed by atoms with Gasteiger partial charge in [0.05, 0.1) is 6.54 Å². The third-order valence-corrected chi connectivity index (χ3v) is 2.72. The smallest absolute Gasteiger partial charge is 0.173 e. The van der Waals surface area contributed by atoms with E-state index in [0.717, 1.165) is 5.69 Å². The molecule has 0 saturated carbocycles. The highest BCUT2D eigenvalue weighted by Crippen LogP contribution is 2.29. The van der Waals surface area contributed by atoms with Crippen LogP contribution in [0.5, 0.6) is 0 Å². The SMILES string of the molecule is COC(CNc1ccccc1C(C)(C)C)OC. The van der Waals surface area contributed by atoms with E-state index in [4.69, 9.17) is 9.47 Å². The number of ether oxygens (including phenoxy) is 2. The van der Waals surface area contributed by atoms with Crippen LogP contribution >= 0.6 is 0 Å². The molecule has 0 atom stereocenters. The molecule has 0 saturated heterocycles. The Labute approximate surface area is 104 Å². The lowest BCUT2D eigenvalue weighted by molar-refractivity contribution is -0.0914. The fraction of sp³-hybridized carbons (Fsp3) is 0.571. The molecule has 0 spiro atoms. The maximum Gasteiger partial charge on any atom is 0.173 e. The van der Waals surface area contributed by atoms with Crippen LogP contribution in [0.2, 0.25) is 0 Å². The summed E-state index contributed by atoms with van der Waals surface area (Å²) in [5.74, 6) is 0. The van der Waals surface area contributed by atoms with Crippen LogP contribution in [0.1, 0.15) is 26.3 Å². The maximum atomic E-state index is 5.16. The molecular weight excluding hydrogens is 214 g/mol. The second kappa shape index (κ2) is 6.03. The van der Waals surface area contributed by atoms with Crippen LogP contribution in [0.4, 0.5) is 5.69 Å². The summed E-state index contributed by atoms with van der Waals surface area (Å²) in [6.45, 7) is 7.26. The first-order valence-corrected chi connectivity index (χ1v) is 5.88. The van der Waals surface area contributed by atoms with Gasteiger partial charge in [0.15, 0.2) is 6.29 Å². The molecule has 0 aliphatic heterocycles. The summed E-state index contributed by atoms with van der Waals surface area (Å²) in [7, 11) is 3.29. The second-order valence-corrected chi connectivity index (χ2v) is 5.08. The number of hydrogen-bond acceptors (Lipinski definition) is 3. The molecule has 96 valence electrons. The number of benzene rings is 1. The van der Waals surface area contributed by atoms with Crippen LogP contribution in [0.25, 0.3) is 0 Å². The summed E-state index contributed by atoms with van der Waals surface area (Å²) < 4.78 is 10.3. The van der Waals surface area contributed by atoms with Gasteiger partial charge < -0.3 is 14.8 Å². The third-order valence-electron chi connectivity index (χ3n) is 2.72. The summed E-state index contributed by atoms with van der Waals surface area (Å²) in [6, 6.07) is 8.34. The van der Waals surface area contributed by atoms with Crippen molar-refractivity contribution in [3.63, 3.8) is 0 Å². The molecule has 0 fully saturated rings. The Morgan fingerprint density at radius 3 is 2.24 bits per heavy atom. The summed E-state index contributed by atoms with van der Waals surface area (Å²) in [5.41, 5.74) is 2.56. The molecule has 3 nitrogen and oxygen atoms in total. The Balaban J connectivity index is 2.77. The molecule has 0 aliphatic carbocycles. The van der Waals surface area contributed by atoms with E-state index in [1.54, 1.807) is 14.2 Å². The number of rotatable bonds is 5. The van der Waals surface area contributed by atoms with E-state index >= 15 is 0 Å². The average Bonchev–Trinajstić information content (AvgIpc) is 2.29.